The average molecular weight is 403 g/mol. The highest BCUT2D eigenvalue weighted by Gasteiger charge is 2.22. The second kappa shape index (κ2) is 8.38. The van der Waals surface area contributed by atoms with Gasteiger partial charge in [-0.05, 0) is 24.3 Å². The summed E-state index contributed by atoms with van der Waals surface area (Å²) in [6.07, 6.45) is 2.99. The summed E-state index contributed by atoms with van der Waals surface area (Å²) >= 11 is 1.22. The molecule has 1 aliphatic rings. The molecular formula is C17H18FN7O2S. The van der Waals surface area contributed by atoms with Gasteiger partial charge in [-0.15, -0.1) is 10.2 Å². The number of rotatable bonds is 6. The molecule has 146 valence electrons. The lowest BCUT2D eigenvalue weighted by molar-refractivity contribution is -0.128. The number of piperazine rings is 1. The highest BCUT2D eigenvalue weighted by Crippen LogP contribution is 2.19. The Hall–Kier alpha value is -2.95. The average Bonchev–Trinajstić information content (AvgIpc) is 3.39. The van der Waals surface area contributed by atoms with Crippen molar-refractivity contribution in [2.75, 3.05) is 36.8 Å². The van der Waals surface area contributed by atoms with E-state index in [9.17, 15) is 9.18 Å². The Morgan fingerprint density at radius 1 is 1.14 bits per heavy atom. The summed E-state index contributed by atoms with van der Waals surface area (Å²) in [4.78, 5) is 20.3. The van der Waals surface area contributed by atoms with Crippen molar-refractivity contribution < 1.29 is 13.6 Å². The molecule has 2 aromatic heterocycles. The summed E-state index contributed by atoms with van der Waals surface area (Å²) < 4.78 is 20.1. The number of nitrogens with zero attached hydrogens (tertiary/aromatic N) is 7. The number of carbonyl (C=O) groups excluding carboxylic acids is 1. The zero-order valence-electron chi connectivity index (χ0n) is 14.9. The maximum atomic E-state index is 13.0. The van der Waals surface area contributed by atoms with Crippen LogP contribution >= 0.6 is 11.8 Å². The van der Waals surface area contributed by atoms with Crippen molar-refractivity contribution in [3.63, 3.8) is 0 Å². The van der Waals surface area contributed by atoms with Crippen molar-refractivity contribution in [2.24, 2.45) is 0 Å². The molecule has 1 saturated heterocycles. The van der Waals surface area contributed by atoms with E-state index in [4.69, 9.17) is 4.42 Å². The van der Waals surface area contributed by atoms with Crippen LogP contribution in [0.2, 0.25) is 0 Å². The first-order valence-corrected chi connectivity index (χ1v) is 9.72. The largest absolute Gasteiger partial charge is 0.414 e. The van der Waals surface area contributed by atoms with Gasteiger partial charge in [0.15, 0.2) is 0 Å². The van der Waals surface area contributed by atoms with Crippen LogP contribution in [0, 0.1) is 5.82 Å². The third-order valence-electron chi connectivity index (χ3n) is 4.36. The number of hydrogen-bond donors (Lipinski definition) is 0. The van der Waals surface area contributed by atoms with Gasteiger partial charge in [-0.25, -0.2) is 14.1 Å². The Bertz CT molecular complexity index is 908. The minimum atomic E-state index is -0.250. The van der Waals surface area contributed by atoms with Gasteiger partial charge in [0.05, 0.1) is 5.75 Å². The molecular weight excluding hydrogens is 385 g/mol. The molecule has 11 heteroatoms. The minimum Gasteiger partial charge on any atom is -0.414 e. The van der Waals surface area contributed by atoms with E-state index in [1.165, 1.54) is 30.2 Å². The molecule has 4 rings (SSSR count). The number of thioether (sulfide) groups is 1. The molecule has 9 nitrogen and oxygen atoms in total. The van der Waals surface area contributed by atoms with Crippen molar-refractivity contribution in [1.29, 1.82) is 0 Å². The summed E-state index contributed by atoms with van der Waals surface area (Å²) in [6, 6.07) is 6.42. The van der Waals surface area contributed by atoms with Crippen molar-refractivity contribution in [1.82, 2.24) is 29.9 Å². The minimum absolute atomic E-state index is 0.0276. The number of aromatic nitrogens is 5. The molecule has 1 fully saturated rings. The molecule has 28 heavy (non-hydrogen) atoms. The van der Waals surface area contributed by atoms with Crippen LogP contribution in [-0.2, 0) is 11.3 Å². The van der Waals surface area contributed by atoms with E-state index in [0.29, 0.717) is 43.8 Å². The molecule has 0 bridgehead atoms. The van der Waals surface area contributed by atoms with Crippen molar-refractivity contribution in [2.45, 2.75) is 11.8 Å². The number of hydrogen-bond acceptors (Lipinski definition) is 8. The Morgan fingerprint density at radius 3 is 2.64 bits per heavy atom. The molecule has 1 aromatic carbocycles. The maximum Gasteiger partial charge on any atom is 0.277 e. The van der Waals surface area contributed by atoms with Crippen molar-refractivity contribution >= 4 is 23.4 Å². The van der Waals surface area contributed by atoms with Crippen LogP contribution in [0.3, 0.4) is 0 Å². The standard InChI is InChI=1S/C17H18FN7O2S/c18-13-1-3-14(4-2-13)23-5-7-24(8-6-23)16(26)10-28-17-22-21-15(27-17)9-25-12-19-11-20-25/h1-4,11-12H,5-10H2. The molecule has 3 aromatic rings. The molecule has 0 N–H and O–H groups in total. The molecule has 0 aliphatic carbocycles. The SMILES string of the molecule is O=C(CSc1nnc(Cn2cncn2)o1)N1CCN(c2ccc(F)cc2)CC1. The van der Waals surface area contributed by atoms with Gasteiger partial charge in [-0.2, -0.15) is 5.10 Å². The number of benzene rings is 1. The normalized spacial score (nSPS) is 14.5. The fourth-order valence-electron chi connectivity index (χ4n) is 2.89. The third-order valence-corrected chi connectivity index (χ3v) is 5.16. The fraction of sp³-hybridized carbons (Fsp3) is 0.353. The summed E-state index contributed by atoms with van der Waals surface area (Å²) in [7, 11) is 0. The highest BCUT2D eigenvalue weighted by molar-refractivity contribution is 7.99. The summed E-state index contributed by atoms with van der Waals surface area (Å²) in [5.74, 6) is 0.426. The van der Waals surface area contributed by atoms with E-state index in [2.05, 4.69) is 25.2 Å². The van der Waals surface area contributed by atoms with Crippen molar-refractivity contribution in [3.05, 3.63) is 48.6 Å². The maximum absolute atomic E-state index is 13.0. The van der Waals surface area contributed by atoms with Crippen LogP contribution in [0.4, 0.5) is 10.1 Å². The van der Waals surface area contributed by atoms with E-state index in [0.717, 1.165) is 5.69 Å². The molecule has 0 radical (unpaired) electrons. The number of carbonyl (C=O) groups is 1. The lowest BCUT2D eigenvalue weighted by Crippen LogP contribution is -2.49. The van der Waals surface area contributed by atoms with Gasteiger partial charge < -0.3 is 14.2 Å². The van der Waals surface area contributed by atoms with Gasteiger partial charge in [0.2, 0.25) is 11.8 Å². The van der Waals surface area contributed by atoms with Gasteiger partial charge in [0.1, 0.15) is 25.0 Å². The summed E-state index contributed by atoms with van der Waals surface area (Å²) in [5, 5.41) is 12.2. The number of anilines is 1. The molecule has 0 unspecified atom stereocenters. The first kappa shape index (κ1) is 18.4. The van der Waals surface area contributed by atoms with E-state index in [1.807, 2.05) is 4.90 Å². The van der Waals surface area contributed by atoms with Crippen LogP contribution in [0.25, 0.3) is 0 Å². The zero-order valence-corrected chi connectivity index (χ0v) is 15.8. The Labute approximate surface area is 164 Å². The summed E-state index contributed by atoms with van der Waals surface area (Å²) in [5.41, 5.74) is 0.966. The predicted octanol–water partition coefficient (Wildman–Crippen LogP) is 1.29. The lowest BCUT2D eigenvalue weighted by atomic mass is 10.2. The first-order valence-electron chi connectivity index (χ1n) is 8.73. The van der Waals surface area contributed by atoms with Gasteiger partial charge in [-0.1, -0.05) is 11.8 Å². The Morgan fingerprint density at radius 2 is 1.93 bits per heavy atom. The van der Waals surface area contributed by atoms with E-state index >= 15 is 0 Å². The monoisotopic (exact) mass is 403 g/mol. The van der Waals surface area contributed by atoms with Crippen LogP contribution < -0.4 is 4.90 Å². The van der Waals surface area contributed by atoms with Crippen molar-refractivity contribution in [3.8, 4) is 0 Å². The third kappa shape index (κ3) is 4.47. The zero-order chi connectivity index (χ0) is 19.3. The quantitative estimate of drug-likeness (QED) is 0.569. The molecule has 0 atom stereocenters. The molecule has 0 saturated carbocycles. The van der Waals surface area contributed by atoms with E-state index in [-0.39, 0.29) is 17.5 Å². The van der Waals surface area contributed by atoms with Crippen LogP contribution in [-0.4, -0.2) is 67.7 Å². The Kier molecular flexibility index (Phi) is 5.51. The highest BCUT2D eigenvalue weighted by atomic mass is 32.2. The molecule has 1 aliphatic heterocycles. The number of halogens is 1. The summed E-state index contributed by atoms with van der Waals surface area (Å²) in [6.45, 7) is 3.01. The fourth-order valence-corrected chi connectivity index (χ4v) is 3.58. The van der Waals surface area contributed by atoms with Crippen LogP contribution in [0.1, 0.15) is 5.89 Å². The topological polar surface area (TPSA) is 93.2 Å². The van der Waals surface area contributed by atoms with Gasteiger partial charge in [0, 0.05) is 31.9 Å². The lowest BCUT2D eigenvalue weighted by Gasteiger charge is -2.36. The second-order valence-corrected chi connectivity index (χ2v) is 7.11. The van der Waals surface area contributed by atoms with Crippen LogP contribution in [0.15, 0.2) is 46.6 Å². The molecule has 1 amide bonds. The molecule has 0 spiro atoms. The van der Waals surface area contributed by atoms with Gasteiger partial charge in [0.25, 0.3) is 5.22 Å². The van der Waals surface area contributed by atoms with E-state index < -0.39 is 0 Å². The predicted molar refractivity (Wildman–Crippen MR) is 99.3 cm³/mol. The first-order chi connectivity index (χ1) is 13.7. The molecule has 3 heterocycles. The second-order valence-electron chi connectivity index (χ2n) is 6.19. The van der Waals surface area contributed by atoms with Crippen LogP contribution in [0.5, 0.6) is 0 Å². The smallest absolute Gasteiger partial charge is 0.277 e. The van der Waals surface area contributed by atoms with Gasteiger partial charge >= 0.3 is 0 Å². The van der Waals surface area contributed by atoms with E-state index in [1.54, 1.807) is 23.1 Å². The number of amides is 1. The van der Waals surface area contributed by atoms with Gasteiger partial charge in [-0.3, -0.25) is 4.79 Å². The Balaban J connectivity index is 1.24.